The first-order valence-corrected chi connectivity index (χ1v) is 9.07. The third-order valence-electron chi connectivity index (χ3n) is 3.74. The molecule has 0 fully saturated rings. The number of rotatable bonds is 4. The Labute approximate surface area is 158 Å². The number of nitrogens with one attached hydrogen (secondary N) is 1. The van der Waals surface area contributed by atoms with Crippen LogP contribution in [0.3, 0.4) is 0 Å². The van der Waals surface area contributed by atoms with Crippen LogP contribution in [0.15, 0.2) is 86.9 Å². The average Bonchev–Trinajstić information content (AvgIpc) is 3.05. The van der Waals surface area contributed by atoms with Gasteiger partial charge in [-0.3, -0.25) is 4.79 Å². The second-order valence-corrected chi connectivity index (χ2v) is 7.08. The molecule has 0 saturated carbocycles. The highest BCUT2D eigenvalue weighted by Gasteiger charge is 2.19. The lowest BCUT2D eigenvalue weighted by Crippen LogP contribution is -2.07. The molecular weight excluding hydrogens is 430 g/mol. The van der Waals surface area contributed by atoms with Crippen LogP contribution in [-0.4, -0.2) is 5.78 Å². The first kappa shape index (κ1) is 16.9. The van der Waals surface area contributed by atoms with Crippen LogP contribution in [0.1, 0.15) is 12.5 Å². The molecule has 2 aromatic carbocycles. The molecule has 0 aliphatic heterocycles. The van der Waals surface area contributed by atoms with E-state index in [1.54, 1.807) is 6.92 Å². The fourth-order valence-electron chi connectivity index (χ4n) is 2.59. The van der Waals surface area contributed by atoms with Gasteiger partial charge in [-0.2, -0.15) is 0 Å². The minimum Gasteiger partial charge on any atom is -0.353 e. The Bertz CT molecular complexity index is 860. The van der Waals surface area contributed by atoms with Crippen LogP contribution in [0, 0.1) is 0 Å². The fourth-order valence-corrected chi connectivity index (χ4v) is 3.78. The molecule has 24 heavy (non-hydrogen) atoms. The number of allylic oxidation sites excluding steroid dienone is 5. The lowest BCUT2D eigenvalue weighted by Gasteiger charge is -2.18. The molecule has 2 nitrogen and oxygen atoms in total. The quantitative estimate of drug-likeness (QED) is 0.615. The number of ketones is 1. The van der Waals surface area contributed by atoms with Gasteiger partial charge in [-0.1, -0.05) is 54.6 Å². The van der Waals surface area contributed by atoms with E-state index in [2.05, 4.69) is 37.2 Å². The van der Waals surface area contributed by atoms with Crippen LogP contribution in [-0.2, 0) is 4.79 Å². The highest BCUT2D eigenvalue weighted by atomic mass is 79.9. The van der Waals surface area contributed by atoms with Crippen molar-refractivity contribution >= 4 is 49.0 Å². The first-order chi connectivity index (χ1) is 11.6. The molecule has 0 saturated heterocycles. The molecule has 1 aliphatic rings. The number of halogens is 2. The zero-order chi connectivity index (χ0) is 17.1. The molecule has 0 unspecified atom stereocenters. The number of hydrogen-bond acceptors (Lipinski definition) is 2. The van der Waals surface area contributed by atoms with Gasteiger partial charge in [0.15, 0.2) is 5.78 Å². The number of carbonyl (C=O) groups excluding carboxylic acids is 1. The molecule has 0 aromatic heterocycles. The van der Waals surface area contributed by atoms with Crippen LogP contribution in [0.5, 0.6) is 0 Å². The molecule has 0 radical (unpaired) electrons. The summed E-state index contributed by atoms with van der Waals surface area (Å²) in [6.07, 6.45) is 5.74. The van der Waals surface area contributed by atoms with Gasteiger partial charge < -0.3 is 5.32 Å². The molecule has 0 bridgehead atoms. The van der Waals surface area contributed by atoms with E-state index in [-0.39, 0.29) is 5.78 Å². The SMILES string of the molecule is CC(=O)C1=CC=C/C1=C(/Nc1c(Br)cccc1Br)c1ccccc1. The maximum absolute atomic E-state index is 12.0. The van der Waals surface area contributed by atoms with E-state index in [4.69, 9.17) is 0 Å². The third-order valence-corrected chi connectivity index (χ3v) is 5.06. The van der Waals surface area contributed by atoms with E-state index in [0.29, 0.717) is 5.57 Å². The van der Waals surface area contributed by atoms with Gasteiger partial charge in [-0.15, -0.1) is 0 Å². The molecule has 1 N–H and O–H groups in total. The monoisotopic (exact) mass is 443 g/mol. The van der Waals surface area contributed by atoms with Crippen molar-refractivity contribution in [2.24, 2.45) is 0 Å². The molecule has 120 valence electrons. The van der Waals surface area contributed by atoms with E-state index < -0.39 is 0 Å². The first-order valence-electron chi connectivity index (χ1n) is 7.48. The lowest BCUT2D eigenvalue weighted by atomic mass is 9.99. The topological polar surface area (TPSA) is 29.1 Å². The van der Waals surface area contributed by atoms with Crippen LogP contribution < -0.4 is 5.32 Å². The average molecular weight is 445 g/mol. The summed E-state index contributed by atoms with van der Waals surface area (Å²) in [5.74, 6) is 0.0522. The van der Waals surface area contributed by atoms with Crippen molar-refractivity contribution in [3.8, 4) is 0 Å². The Morgan fingerprint density at radius 3 is 2.25 bits per heavy atom. The number of para-hydroxylation sites is 1. The largest absolute Gasteiger partial charge is 0.353 e. The van der Waals surface area contributed by atoms with Crippen molar-refractivity contribution in [3.05, 3.63) is 92.4 Å². The van der Waals surface area contributed by atoms with Gasteiger partial charge in [0.2, 0.25) is 0 Å². The molecule has 0 spiro atoms. The van der Waals surface area contributed by atoms with Gasteiger partial charge in [0.05, 0.1) is 11.4 Å². The predicted octanol–water partition coefficient (Wildman–Crippen LogP) is 6.12. The second kappa shape index (κ2) is 7.32. The summed E-state index contributed by atoms with van der Waals surface area (Å²) in [6, 6.07) is 15.9. The van der Waals surface area contributed by atoms with E-state index in [1.165, 1.54) is 0 Å². The zero-order valence-electron chi connectivity index (χ0n) is 13.0. The highest BCUT2D eigenvalue weighted by molar-refractivity contribution is 9.11. The summed E-state index contributed by atoms with van der Waals surface area (Å²) in [4.78, 5) is 12.0. The summed E-state index contributed by atoms with van der Waals surface area (Å²) >= 11 is 7.17. The molecular formula is C20H15Br2NO. The zero-order valence-corrected chi connectivity index (χ0v) is 16.2. The Kier molecular flexibility index (Phi) is 5.17. The molecule has 0 amide bonds. The molecule has 1 aliphatic carbocycles. The van der Waals surface area contributed by atoms with E-state index in [1.807, 2.05) is 66.8 Å². The van der Waals surface area contributed by atoms with Crippen LogP contribution in [0.25, 0.3) is 5.70 Å². The van der Waals surface area contributed by atoms with E-state index in [9.17, 15) is 4.79 Å². The van der Waals surface area contributed by atoms with Crippen LogP contribution >= 0.6 is 31.9 Å². The summed E-state index contributed by atoms with van der Waals surface area (Å²) in [5.41, 5.74) is 4.46. The second-order valence-electron chi connectivity index (χ2n) is 5.37. The molecule has 3 rings (SSSR count). The third kappa shape index (κ3) is 3.45. The Morgan fingerprint density at radius 2 is 1.62 bits per heavy atom. The summed E-state index contributed by atoms with van der Waals surface area (Å²) in [6.45, 7) is 1.59. The minimum atomic E-state index is 0.0522. The molecule has 0 atom stereocenters. The number of benzene rings is 2. The molecule has 2 aromatic rings. The number of hydrogen-bond donors (Lipinski definition) is 1. The van der Waals surface area contributed by atoms with Crippen molar-refractivity contribution < 1.29 is 4.79 Å². The van der Waals surface area contributed by atoms with Crippen molar-refractivity contribution in [2.45, 2.75) is 6.92 Å². The van der Waals surface area contributed by atoms with Crippen molar-refractivity contribution in [1.82, 2.24) is 0 Å². The smallest absolute Gasteiger partial charge is 0.160 e. The summed E-state index contributed by atoms with van der Waals surface area (Å²) in [7, 11) is 0. The number of Topliss-reactive ketones (excluding diaryl/α,β-unsaturated/α-hetero) is 1. The molecule has 4 heteroatoms. The summed E-state index contributed by atoms with van der Waals surface area (Å²) < 4.78 is 1.89. The standard InChI is InChI=1S/C20H15Br2NO/c1-13(24)15-9-5-10-16(15)19(14-7-3-2-4-8-14)23-20-17(21)11-6-12-18(20)22/h2-12,23H,1H3/b19-16-. The van der Waals surface area contributed by atoms with Gasteiger partial charge in [0.1, 0.15) is 0 Å². The van der Waals surface area contributed by atoms with E-state index >= 15 is 0 Å². The predicted molar refractivity (Wildman–Crippen MR) is 107 cm³/mol. The van der Waals surface area contributed by atoms with Crippen LogP contribution in [0.4, 0.5) is 5.69 Å². The van der Waals surface area contributed by atoms with Gasteiger partial charge in [-0.05, 0) is 56.5 Å². The van der Waals surface area contributed by atoms with Gasteiger partial charge >= 0.3 is 0 Å². The van der Waals surface area contributed by atoms with Crippen LogP contribution in [0.2, 0.25) is 0 Å². The summed E-state index contributed by atoms with van der Waals surface area (Å²) in [5, 5.41) is 3.50. The maximum Gasteiger partial charge on any atom is 0.160 e. The van der Waals surface area contributed by atoms with Crippen molar-refractivity contribution in [1.29, 1.82) is 0 Å². The Hall–Kier alpha value is -1.91. The minimum absolute atomic E-state index is 0.0522. The van der Waals surface area contributed by atoms with Gasteiger partial charge in [0.25, 0.3) is 0 Å². The maximum atomic E-state index is 12.0. The highest BCUT2D eigenvalue weighted by Crippen LogP contribution is 2.36. The van der Waals surface area contributed by atoms with Gasteiger partial charge in [0, 0.05) is 20.1 Å². The van der Waals surface area contributed by atoms with Gasteiger partial charge in [-0.25, -0.2) is 0 Å². The Morgan fingerprint density at radius 1 is 0.958 bits per heavy atom. The lowest BCUT2D eigenvalue weighted by molar-refractivity contribution is -0.113. The fraction of sp³-hybridized carbons (Fsp3) is 0.0500. The Balaban J connectivity index is 2.16. The van der Waals surface area contributed by atoms with Crippen molar-refractivity contribution in [2.75, 3.05) is 5.32 Å². The normalized spacial score (nSPS) is 15.2. The van der Waals surface area contributed by atoms with Crippen molar-refractivity contribution in [3.63, 3.8) is 0 Å². The molecule has 0 heterocycles. The van der Waals surface area contributed by atoms with E-state index in [0.717, 1.165) is 31.5 Å². The number of anilines is 1. The number of carbonyl (C=O) groups is 1.